The molecule has 0 fully saturated rings. The number of anilines is 1. The van der Waals surface area contributed by atoms with E-state index in [0.29, 0.717) is 11.5 Å². The van der Waals surface area contributed by atoms with E-state index in [4.69, 9.17) is 4.42 Å². The van der Waals surface area contributed by atoms with E-state index in [9.17, 15) is 28.6 Å². The molecule has 3 aromatic carbocycles. The third kappa shape index (κ3) is 4.59. The first-order chi connectivity index (χ1) is 18.0. The molecule has 1 aromatic heterocycles. The van der Waals surface area contributed by atoms with Gasteiger partial charge in [0.1, 0.15) is 11.5 Å². The fraction of sp³-hybridized carbons (Fsp3) is 0.0769. The summed E-state index contributed by atoms with van der Waals surface area (Å²) in [6.07, 6.45) is 1.52. The number of furan rings is 1. The van der Waals surface area contributed by atoms with Crippen LogP contribution in [0, 0.1) is 27.2 Å². The number of fused-ring (bicyclic) bond motifs is 1. The van der Waals surface area contributed by atoms with Gasteiger partial charge in [-0.3, -0.25) is 24.5 Å². The van der Waals surface area contributed by atoms with Gasteiger partial charge in [-0.05, 0) is 55.0 Å². The van der Waals surface area contributed by atoms with Gasteiger partial charge in [0.25, 0.3) is 21.4 Å². The summed E-state index contributed by atoms with van der Waals surface area (Å²) in [4.78, 5) is 21.9. The molecule has 0 atom stereocenters. The van der Waals surface area contributed by atoms with E-state index >= 15 is 0 Å². The minimum absolute atomic E-state index is 0.0159. The van der Waals surface area contributed by atoms with Crippen molar-refractivity contribution in [3.05, 3.63) is 114 Å². The van der Waals surface area contributed by atoms with Crippen molar-refractivity contribution in [2.45, 2.75) is 11.8 Å². The van der Waals surface area contributed by atoms with Gasteiger partial charge in [-0.1, -0.05) is 45.8 Å². The zero-order valence-electron chi connectivity index (χ0n) is 19.7. The number of hydrogen-bond donors (Lipinski definition) is 0. The summed E-state index contributed by atoms with van der Waals surface area (Å²) in [7, 11) is -4.21. The summed E-state index contributed by atoms with van der Waals surface area (Å²) < 4.78 is 35.0. The maximum absolute atomic E-state index is 13.6. The average molecular weight is 596 g/mol. The Bertz CT molecular complexity index is 1730. The highest BCUT2D eigenvalue weighted by molar-refractivity contribution is 9.10. The third-order valence-electron chi connectivity index (χ3n) is 6.07. The van der Waals surface area contributed by atoms with Gasteiger partial charge >= 0.3 is 0 Å². The first-order valence-corrected chi connectivity index (χ1v) is 13.4. The van der Waals surface area contributed by atoms with Crippen LogP contribution >= 0.6 is 15.9 Å². The first kappa shape index (κ1) is 25.4. The Morgan fingerprint density at radius 3 is 2.26 bits per heavy atom. The largest absolute Gasteiger partial charge is 0.457 e. The van der Waals surface area contributed by atoms with E-state index < -0.39 is 31.2 Å². The molecule has 0 amide bonds. The Hall–Kier alpha value is -4.29. The summed E-state index contributed by atoms with van der Waals surface area (Å²) in [6, 6.07) is 18.8. The quantitative estimate of drug-likeness (QED) is 0.181. The van der Waals surface area contributed by atoms with E-state index in [1.165, 1.54) is 18.2 Å². The molecule has 1 aliphatic heterocycles. The predicted molar refractivity (Wildman–Crippen MR) is 145 cm³/mol. The zero-order valence-corrected chi connectivity index (χ0v) is 22.1. The number of nitro groups is 2. The van der Waals surface area contributed by atoms with E-state index in [0.717, 1.165) is 32.0 Å². The molecule has 0 saturated heterocycles. The van der Waals surface area contributed by atoms with Crippen LogP contribution in [0.2, 0.25) is 0 Å². The smallest absolute Gasteiger partial charge is 0.285 e. The average Bonchev–Trinajstić information content (AvgIpc) is 3.49. The molecule has 10 nitrogen and oxygen atoms in total. The minimum atomic E-state index is -4.21. The number of non-ortho nitro benzene ring substituents is 1. The van der Waals surface area contributed by atoms with Gasteiger partial charge in [-0.2, -0.15) is 0 Å². The van der Waals surface area contributed by atoms with Gasteiger partial charge in [-0.15, -0.1) is 0 Å². The second-order valence-electron chi connectivity index (χ2n) is 8.58. The summed E-state index contributed by atoms with van der Waals surface area (Å²) in [5.41, 5.74) is 0.606. The molecule has 0 bridgehead atoms. The number of benzene rings is 3. The number of rotatable bonds is 6. The van der Waals surface area contributed by atoms with Crippen molar-refractivity contribution in [1.82, 2.24) is 0 Å². The van der Waals surface area contributed by atoms with Crippen molar-refractivity contribution in [1.29, 1.82) is 0 Å². The lowest BCUT2D eigenvalue weighted by Crippen LogP contribution is -2.29. The van der Waals surface area contributed by atoms with Crippen LogP contribution in [0.3, 0.4) is 0 Å². The standard InChI is InChI=1S/C26H18BrN3O7S/c1-16-2-9-22(10-3-16)38(35,36)28-15-18(26-23(28)13-20(29(31)32)14-24(26)30(33)34)12-21-8-11-25(37-21)17-4-6-19(27)7-5-17/h2-14H,15H2,1H3/b18-12+. The fourth-order valence-electron chi connectivity index (χ4n) is 4.23. The van der Waals surface area contributed by atoms with Crippen molar-refractivity contribution in [2.75, 3.05) is 10.8 Å². The number of nitro benzene ring substituents is 2. The molecule has 0 N–H and O–H groups in total. The molecule has 0 aliphatic carbocycles. The first-order valence-electron chi connectivity index (χ1n) is 11.2. The molecule has 4 aromatic rings. The monoisotopic (exact) mass is 595 g/mol. The van der Waals surface area contributed by atoms with Crippen LogP contribution in [-0.2, 0) is 10.0 Å². The molecular weight excluding hydrogens is 578 g/mol. The van der Waals surface area contributed by atoms with Crippen molar-refractivity contribution >= 4 is 54.7 Å². The summed E-state index contributed by atoms with van der Waals surface area (Å²) in [5, 5.41) is 23.5. The topological polar surface area (TPSA) is 137 Å². The van der Waals surface area contributed by atoms with Crippen molar-refractivity contribution in [3.63, 3.8) is 0 Å². The van der Waals surface area contributed by atoms with E-state index in [-0.39, 0.29) is 28.3 Å². The lowest BCUT2D eigenvalue weighted by molar-refractivity contribution is -0.394. The van der Waals surface area contributed by atoms with Crippen molar-refractivity contribution in [2.24, 2.45) is 0 Å². The number of hydrogen-bond acceptors (Lipinski definition) is 7. The molecule has 38 heavy (non-hydrogen) atoms. The summed E-state index contributed by atoms with van der Waals surface area (Å²) in [6.45, 7) is 1.53. The highest BCUT2D eigenvalue weighted by Crippen LogP contribution is 2.47. The molecule has 192 valence electrons. The van der Waals surface area contributed by atoms with Gasteiger partial charge in [0.2, 0.25) is 0 Å². The number of nitrogens with zero attached hydrogens (tertiary/aromatic N) is 3. The number of sulfonamides is 1. The Morgan fingerprint density at radius 2 is 1.63 bits per heavy atom. The zero-order chi connectivity index (χ0) is 27.2. The maximum atomic E-state index is 13.6. The predicted octanol–water partition coefficient (Wildman–Crippen LogP) is 6.58. The Morgan fingerprint density at radius 1 is 0.947 bits per heavy atom. The highest BCUT2D eigenvalue weighted by atomic mass is 79.9. The van der Waals surface area contributed by atoms with Crippen LogP contribution < -0.4 is 4.31 Å². The second-order valence-corrected chi connectivity index (χ2v) is 11.4. The van der Waals surface area contributed by atoms with Crippen molar-refractivity contribution in [3.8, 4) is 11.3 Å². The minimum Gasteiger partial charge on any atom is -0.457 e. The molecular formula is C26H18BrN3O7S. The van der Waals surface area contributed by atoms with E-state index in [1.807, 2.05) is 24.3 Å². The van der Waals surface area contributed by atoms with Crippen LogP contribution in [-0.4, -0.2) is 24.8 Å². The van der Waals surface area contributed by atoms with E-state index in [2.05, 4.69) is 15.9 Å². The van der Waals surface area contributed by atoms with Crippen LogP contribution in [0.1, 0.15) is 16.9 Å². The highest BCUT2D eigenvalue weighted by Gasteiger charge is 2.40. The van der Waals surface area contributed by atoms with Crippen LogP contribution in [0.25, 0.3) is 23.0 Å². The Balaban J connectivity index is 1.66. The second kappa shape index (κ2) is 9.54. The fourth-order valence-corrected chi connectivity index (χ4v) is 5.94. The van der Waals surface area contributed by atoms with Crippen molar-refractivity contribution < 1.29 is 22.7 Å². The molecule has 0 radical (unpaired) electrons. The lowest BCUT2D eigenvalue weighted by atomic mass is 10.0. The lowest BCUT2D eigenvalue weighted by Gasteiger charge is -2.19. The Labute approximate surface area is 225 Å². The number of aryl methyl sites for hydroxylation is 1. The summed E-state index contributed by atoms with van der Waals surface area (Å²) >= 11 is 3.38. The van der Waals surface area contributed by atoms with Gasteiger partial charge < -0.3 is 4.42 Å². The molecule has 0 unspecified atom stereocenters. The molecule has 1 aliphatic rings. The van der Waals surface area contributed by atoms with Gasteiger partial charge in [-0.25, -0.2) is 8.42 Å². The van der Waals surface area contributed by atoms with Crippen LogP contribution in [0.5, 0.6) is 0 Å². The van der Waals surface area contributed by atoms with Crippen LogP contribution in [0.15, 0.2) is 86.6 Å². The third-order valence-corrected chi connectivity index (χ3v) is 8.38. The maximum Gasteiger partial charge on any atom is 0.285 e. The normalized spacial score (nSPS) is 14.1. The number of halogens is 1. The molecule has 0 saturated carbocycles. The molecule has 2 heterocycles. The summed E-state index contributed by atoms with van der Waals surface area (Å²) in [5.74, 6) is 0.885. The van der Waals surface area contributed by atoms with Crippen LogP contribution in [0.4, 0.5) is 17.1 Å². The Kier molecular flexibility index (Phi) is 6.37. The SMILES string of the molecule is Cc1ccc(S(=O)(=O)N2C/C(=C\c3ccc(-c4ccc(Br)cc4)o3)c3c2cc([N+](=O)[O-])cc3[N+](=O)[O-])cc1. The van der Waals surface area contributed by atoms with E-state index in [1.54, 1.807) is 31.2 Å². The van der Waals surface area contributed by atoms with Gasteiger partial charge in [0.05, 0.1) is 38.6 Å². The molecule has 5 rings (SSSR count). The van der Waals surface area contributed by atoms with Gasteiger partial charge in [0, 0.05) is 16.1 Å². The van der Waals surface area contributed by atoms with Gasteiger partial charge in [0.15, 0.2) is 0 Å². The molecule has 12 heteroatoms. The molecule has 0 spiro atoms.